The van der Waals surface area contributed by atoms with Crippen LogP contribution in [0, 0.1) is 186 Å². The molecule has 2 heterocycles. The molecule has 0 radical (unpaired) electrons. The van der Waals surface area contributed by atoms with Crippen LogP contribution in [0.25, 0.3) is 23.5 Å². The van der Waals surface area contributed by atoms with Crippen LogP contribution in [0.15, 0.2) is 91.3 Å². The van der Waals surface area contributed by atoms with E-state index in [1.54, 1.807) is 18.5 Å². The van der Waals surface area contributed by atoms with Gasteiger partial charge in [-0.2, -0.15) is 41.5 Å². The summed E-state index contributed by atoms with van der Waals surface area (Å²) in [6, 6.07) is 27.3. The molecule has 0 saturated carbocycles. The molecule has 168 valence electrons. The Morgan fingerprint density at radius 3 is 1.77 bits per heavy atom. The first-order valence-corrected chi connectivity index (χ1v) is 10.3. The number of pyridine rings is 2. The van der Waals surface area contributed by atoms with Crippen LogP contribution in [-0.4, -0.2) is 9.97 Å². The normalized spacial score (nSPS) is 9.20. The van der Waals surface area contributed by atoms with Crippen molar-refractivity contribution in [2.45, 2.75) is 20.3 Å². The SMILES string of the molecule is Cc1cc[c-]cc1.[CH-]=Cc1ccnc(-c2cc(C=CCc3ccc(C)cc3)ccn2)c1.[Th+2].[Th].[Th].[Th]. The maximum absolute atomic E-state index is 5.57. The van der Waals surface area contributed by atoms with Crippen LogP contribution < -0.4 is 0 Å². The molecule has 0 atom stereocenters. The Balaban J connectivity index is 0. The summed E-state index contributed by atoms with van der Waals surface area (Å²) in [6.07, 6.45) is 10.3. The minimum absolute atomic E-state index is 0. The predicted octanol–water partition coefficient (Wildman–Crippen LogP) is 6.95. The summed E-state index contributed by atoms with van der Waals surface area (Å²) < 4.78 is 0. The van der Waals surface area contributed by atoms with Crippen molar-refractivity contribution in [2.24, 2.45) is 0 Å². The zero-order valence-electron chi connectivity index (χ0n) is 20.0. The molecule has 35 heavy (non-hydrogen) atoms. The van der Waals surface area contributed by atoms with Crippen molar-refractivity contribution in [1.82, 2.24) is 9.97 Å². The first-order valence-electron chi connectivity index (χ1n) is 10.3. The zero-order chi connectivity index (χ0) is 21.9. The molecule has 0 fully saturated rings. The summed E-state index contributed by atoms with van der Waals surface area (Å²) in [7, 11) is 0. The first-order chi connectivity index (χ1) is 15.1. The third-order valence-corrected chi connectivity index (χ3v) is 4.69. The van der Waals surface area contributed by atoms with Crippen molar-refractivity contribution in [2.75, 3.05) is 0 Å². The minimum atomic E-state index is 0. The number of aromatic nitrogens is 2. The van der Waals surface area contributed by atoms with Gasteiger partial charge in [0.15, 0.2) is 0 Å². The van der Waals surface area contributed by atoms with Crippen LogP contribution >= 0.6 is 0 Å². The Labute approximate surface area is 338 Å². The van der Waals surface area contributed by atoms with Crippen molar-refractivity contribution in [1.29, 1.82) is 0 Å². The van der Waals surface area contributed by atoms with E-state index in [0.717, 1.165) is 28.9 Å². The number of hydrogen-bond acceptors (Lipinski definition) is 2. The Kier molecular flexibility index (Phi) is 24.7. The van der Waals surface area contributed by atoms with Crippen LogP contribution in [0.1, 0.15) is 27.8 Å². The first kappa shape index (κ1) is 38.7. The van der Waals surface area contributed by atoms with E-state index in [9.17, 15) is 0 Å². The van der Waals surface area contributed by atoms with Gasteiger partial charge >= 0.3 is 39.9 Å². The van der Waals surface area contributed by atoms with Gasteiger partial charge in [-0.25, -0.2) is 6.08 Å². The fourth-order valence-corrected chi connectivity index (χ4v) is 2.91. The van der Waals surface area contributed by atoms with Crippen molar-refractivity contribution in [3.05, 3.63) is 132 Å². The molecule has 0 N–H and O–H groups in total. The minimum Gasteiger partial charge on any atom is -0.292 e. The molecule has 4 rings (SSSR count). The van der Waals surface area contributed by atoms with Crippen LogP contribution in [0.3, 0.4) is 0 Å². The second-order valence-electron chi connectivity index (χ2n) is 7.28. The average molecular weight is 1330 g/mol. The second kappa shape index (κ2) is 22.3. The van der Waals surface area contributed by atoms with Crippen molar-refractivity contribution in [3.8, 4) is 11.4 Å². The molecule has 0 unspecified atom stereocenters. The monoisotopic (exact) mass is 1330 g/mol. The van der Waals surface area contributed by atoms with Gasteiger partial charge in [-0.3, -0.25) is 16.5 Å². The van der Waals surface area contributed by atoms with Crippen molar-refractivity contribution < 1.29 is 160 Å². The molecule has 0 bridgehead atoms. The number of rotatable bonds is 5. The van der Waals surface area contributed by atoms with E-state index >= 15 is 0 Å². The van der Waals surface area contributed by atoms with Gasteiger partial charge in [-0.05, 0) is 36.6 Å². The number of aryl methyl sites for hydroxylation is 2. The maximum Gasteiger partial charge on any atom is 2.00 e. The molecule has 4 aromatic rings. The quantitative estimate of drug-likeness (QED) is 0.203. The van der Waals surface area contributed by atoms with Gasteiger partial charge in [0.2, 0.25) is 0 Å². The number of benzene rings is 2. The van der Waals surface area contributed by atoms with Crippen LogP contribution in [0.2, 0.25) is 0 Å². The summed E-state index contributed by atoms with van der Waals surface area (Å²) >= 11 is 0. The summed E-state index contributed by atoms with van der Waals surface area (Å²) in [5.41, 5.74) is 7.58. The smallest absolute Gasteiger partial charge is 0.292 e. The van der Waals surface area contributed by atoms with Gasteiger partial charge < -0.3 is 0 Å². The molecule has 0 aliphatic rings. The van der Waals surface area contributed by atoms with E-state index in [1.165, 1.54) is 16.7 Å². The average Bonchev–Trinajstić information content (AvgIpc) is 2.82. The molecule has 0 aliphatic carbocycles. The van der Waals surface area contributed by atoms with E-state index in [0.29, 0.717) is 0 Å². The summed E-state index contributed by atoms with van der Waals surface area (Å²) in [5.74, 6) is 0. The van der Waals surface area contributed by atoms with Gasteiger partial charge in [-0.15, -0.1) is 12.1 Å². The molecule has 0 spiro atoms. The third-order valence-electron chi connectivity index (χ3n) is 4.69. The van der Waals surface area contributed by atoms with E-state index in [-0.39, 0.29) is 160 Å². The fourth-order valence-electron chi connectivity index (χ4n) is 2.91. The van der Waals surface area contributed by atoms with Gasteiger partial charge in [0.25, 0.3) is 0 Å². The summed E-state index contributed by atoms with van der Waals surface area (Å²) in [5, 5.41) is 0. The Bertz CT molecular complexity index is 1140. The predicted molar refractivity (Wildman–Crippen MR) is 130 cm³/mol. The second-order valence-corrected chi connectivity index (χ2v) is 7.28. The van der Waals surface area contributed by atoms with E-state index in [1.807, 2.05) is 48.5 Å². The van der Waals surface area contributed by atoms with Crippen LogP contribution in [0.5, 0.6) is 0 Å². The van der Waals surface area contributed by atoms with Crippen molar-refractivity contribution >= 4 is 12.2 Å². The van der Waals surface area contributed by atoms with Gasteiger partial charge in [0.05, 0.1) is 11.4 Å². The Morgan fingerprint density at radius 1 is 0.743 bits per heavy atom. The van der Waals surface area contributed by atoms with Gasteiger partial charge in [0.1, 0.15) is 0 Å². The van der Waals surface area contributed by atoms with E-state index in [2.05, 4.69) is 66.3 Å². The zero-order valence-corrected chi connectivity index (χ0v) is 36.4. The molecule has 2 nitrogen and oxygen atoms in total. The molecule has 0 aliphatic heterocycles. The molecule has 2 aromatic heterocycles. The Morgan fingerprint density at radius 2 is 1.26 bits per heavy atom. The summed E-state index contributed by atoms with van der Waals surface area (Å²) in [6.45, 7) is 9.74. The van der Waals surface area contributed by atoms with Crippen LogP contribution in [-0.2, 0) is 6.42 Å². The number of nitrogens with zero attached hydrogens (tertiary/aromatic N) is 2. The molecule has 0 amide bonds. The molecule has 0 saturated heterocycles. The van der Waals surface area contributed by atoms with Gasteiger partial charge in [-0.1, -0.05) is 48.9 Å². The number of allylic oxidation sites excluding steroid dienone is 1. The Hall–Kier alpha value is 1.52. The molecular formula is C29H26N2Th4. The topological polar surface area (TPSA) is 25.8 Å². The molecule has 6 heteroatoms. The van der Waals surface area contributed by atoms with E-state index in [4.69, 9.17) is 6.58 Å². The molecular weight excluding hydrogens is 1300 g/mol. The third kappa shape index (κ3) is 15.0. The molecule has 2 aromatic carbocycles. The number of hydrogen-bond donors (Lipinski definition) is 0. The summed E-state index contributed by atoms with van der Waals surface area (Å²) in [4.78, 5) is 8.78. The largest absolute Gasteiger partial charge is 2.00 e. The van der Waals surface area contributed by atoms with Gasteiger partial charge in [0, 0.05) is 132 Å². The van der Waals surface area contributed by atoms with E-state index < -0.39 is 0 Å². The van der Waals surface area contributed by atoms with Crippen LogP contribution in [0.4, 0.5) is 0 Å². The standard InChI is InChI=1S/C22H19N2.C7H7.4Th/c1-3-18-11-13-23-21(15-18)22-16-20(12-14-24-22)6-4-5-19-9-7-17(2)8-10-19;1-7-5-3-2-4-6-7;;;;/h1,3-4,6-16H,5H2,2H3;3-6H,1H3;;;;/q2*-1;;;;+2. The fraction of sp³-hybridized carbons (Fsp3) is 0.103. The van der Waals surface area contributed by atoms with Crippen molar-refractivity contribution in [3.63, 3.8) is 0 Å². The maximum atomic E-state index is 5.57.